The summed E-state index contributed by atoms with van der Waals surface area (Å²) in [6.07, 6.45) is 5.85. The van der Waals surface area contributed by atoms with Gasteiger partial charge in [-0.05, 0) is 49.3 Å². The standard InChI is InChI=1S/C19H22Cl2O4/c1-24-16-7-6-12(10-14(16)20)8-9-19(13-4-2-3-5-13)11-15(22)17(21)18(23)25-19/h6-7,10,13,22H,2-5,8-9,11H2,1H3. The first kappa shape index (κ1) is 18.4. The Morgan fingerprint density at radius 3 is 2.64 bits per heavy atom. The molecule has 1 atom stereocenters. The highest BCUT2D eigenvalue weighted by Gasteiger charge is 2.47. The largest absolute Gasteiger partial charge is 0.510 e. The van der Waals surface area contributed by atoms with Crippen molar-refractivity contribution in [1.82, 2.24) is 0 Å². The number of carbonyl (C=O) groups is 1. The summed E-state index contributed by atoms with van der Waals surface area (Å²) in [5, 5.41) is 10.5. The summed E-state index contributed by atoms with van der Waals surface area (Å²) >= 11 is 12.0. The van der Waals surface area contributed by atoms with Crippen molar-refractivity contribution in [3.63, 3.8) is 0 Å². The number of aliphatic hydroxyl groups is 1. The predicted octanol–water partition coefficient (Wildman–Crippen LogP) is 5.17. The van der Waals surface area contributed by atoms with Gasteiger partial charge in [-0.25, -0.2) is 4.79 Å². The molecular weight excluding hydrogens is 363 g/mol. The van der Waals surface area contributed by atoms with E-state index < -0.39 is 11.6 Å². The maximum atomic E-state index is 12.1. The minimum absolute atomic E-state index is 0.0578. The van der Waals surface area contributed by atoms with Gasteiger partial charge >= 0.3 is 5.97 Å². The Hall–Kier alpha value is -1.39. The van der Waals surface area contributed by atoms with Crippen LogP contribution in [0.2, 0.25) is 5.02 Å². The molecule has 1 aliphatic carbocycles. The van der Waals surface area contributed by atoms with Crippen LogP contribution in [0.1, 0.15) is 44.1 Å². The van der Waals surface area contributed by atoms with Crippen LogP contribution in [0.25, 0.3) is 0 Å². The van der Waals surface area contributed by atoms with E-state index in [1.165, 1.54) is 0 Å². The summed E-state index contributed by atoms with van der Waals surface area (Å²) in [5.74, 6) is 0.201. The number of esters is 1. The number of methoxy groups -OCH3 is 1. The zero-order valence-electron chi connectivity index (χ0n) is 14.2. The van der Waals surface area contributed by atoms with E-state index in [1.807, 2.05) is 18.2 Å². The SMILES string of the molecule is COc1ccc(CCC2(C3CCCC3)CC(O)=C(Cl)C(=O)O2)cc1Cl. The second-order valence-electron chi connectivity index (χ2n) is 6.84. The predicted molar refractivity (Wildman–Crippen MR) is 97.2 cm³/mol. The fraction of sp³-hybridized carbons (Fsp3) is 0.526. The molecule has 136 valence electrons. The van der Waals surface area contributed by atoms with Crippen molar-refractivity contribution in [3.05, 3.63) is 39.6 Å². The van der Waals surface area contributed by atoms with Crippen molar-refractivity contribution in [2.45, 2.75) is 50.5 Å². The first-order chi connectivity index (χ1) is 11.9. The molecule has 1 N–H and O–H groups in total. The van der Waals surface area contributed by atoms with Crippen molar-refractivity contribution in [2.24, 2.45) is 5.92 Å². The van der Waals surface area contributed by atoms with Crippen LogP contribution in [-0.4, -0.2) is 23.8 Å². The molecule has 0 aromatic heterocycles. The van der Waals surface area contributed by atoms with Crippen LogP contribution < -0.4 is 4.74 Å². The summed E-state index contributed by atoms with van der Waals surface area (Å²) in [6, 6.07) is 5.66. The van der Waals surface area contributed by atoms with Gasteiger partial charge in [0.25, 0.3) is 0 Å². The van der Waals surface area contributed by atoms with Gasteiger partial charge in [0.05, 0.1) is 12.1 Å². The average molecular weight is 385 g/mol. The molecule has 0 saturated heterocycles. The van der Waals surface area contributed by atoms with Crippen molar-refractivity contribution in [2.75, 3.05) is 7.11 Å². The van der Waals surface area contributed by atoms with Crippen LogP contribution in [0.5, 0.6) is 5.75 Å². The third kappa shape index (κ3) is 3.75. The van der Waals surface area contributed by atoms with Gasteiger partial charge in [-0.1, -0.05) is 42.1 Å². The molecule has 1 heterocycles. The molecule has 1 aliphatic heterocycles. The molecule has 0 radical (unpaired) electrons. The molecular formula is C19H22Cl2O4. The smallest absolute Gasteiger partial charge is 0.353 e. The molecule has 0 bridgehead atoms. The topological polar surface area (TPSA) is 55.8 Å². The lowest BCUT2D eigenvalue weighted by molar-refractivity contribution is -0.166. The molecule has 4 nitrogen and oxygen atoms in total. The molecule has 0 spiro atoms. The Morgan fingerprint density at radius 1 is 1.32 bits per heavy atom. The van der Waals surface area contributed by atoms with E-state index in [9.17, 15) is 9.90 Å². The lowest BCUT2D eigenvalue weighted by Gasteiger charge is -2.41. The molecule has 25 heavy (non-hydrogen) atoms. The van der Waals surface area contributed by atoms with Gasteiger partial charge in [-0.2, -0.15) is 0 Å². The number of benzene rings is 1. The maximum Gasteiger partial charge on any atom is 0.353 e. The van der Waals surface area contributed by atoms with Crippen molar-refractivity contribution >= 4 is 29.2 Å². The average Bonchev–Trinajstić information content (AvgIpc) is 3.13. The minimum Gasteiger partial charge on any atom is -0.510 e. The third-order valence-electron chi connectivity index (χ3n) is 5.35. The highest BCUT2D eigenvalue weighted by Crippen LogP contribution is 2.46. The lowest BCUT2D eigenvalue weighted by Crippen LogP contribution is -2.45. The first-order valence-electron chi connectivity index (χ1n) is 8.58. The van der Waals surface area contributed by atoms with E-state index in [1.54, 1.807) is 7.11 Å². The molecule has 2 aliphatic rings. The number of hydrogen-bond acceptors (Lipinski definition) is 4. The quantitative estimate of drug-likeness (QED) is 0.711. The minimum atomic E-state index is -0.692. The summed E-state index contributed by atoms with van der Waals surface area (Å²) < 4.78 is 11.0. The Labute approximate surface area is 157 Å². The summed E-state index contributed by atoms with van der Waals surface area (Å²) in [7, 11) is 1.58. The number of aryl methyl sites for hydroxylation is 1. The zero-order valence-corrected chi connectivity index (χ0v) is 15.7. The molecule has 0 amide bonds. The van der Waals surface area contributed by atoms with E-state index in [-0.39, 0.29) is 23.1 Å². The summed E-state index contributed by atoms with van der Waals surface area (Å²) in [5.41, 5.74) is 0.349. The Morgan fingerprint density at radius 2 is 2.04 bits per heavy atom. The van der Waals surface area contributed by atoms with E-state index in [4.69, 9.17) is 32.7 Å². The van der Waals surface area contributed by atoms with Gasteiger partial charge in [0.2, 0.25) is 0 Å². The van der Waals surface area contributed by atoms with Gasteiger partial charge in [-0.15, -0.1) is 0 Å². The van der Waals surface area contributed by atoms with E-state index in [0.29, 0.717) is 23.6 Å². The number of ether oxygens (including phenoxy) is 2. The van der Waals surface area contributed by atoms with E-state index >= 15 is 0 Å². The fourth-order valence-corrected chi connectivity index (χ4v) is 4.37. The van der Waals surface area contributed by atoms with Crippen molar-refractivity contribution < 1.29 is 19.4 Å². The second kappa shape index (κ2) is 7.46. The van der Waals surface area contributed by atoms with E-state index in [0.717, 1.165) is 31.2 Å². The maximum absolute atomic E-state index is 12.1. The van der Waals surface area contributed by atoms with Crippen LogP contribution in [0.15, 0.2) is 29.0 Å². The highest BCUT2D eigenvalue weighted by atomic mass is 35.5. The number of cyclic esters (lactones) is 1. The Bertz CT molecular complexity index is 695. The Kier molecular flexibility index (Phi) is 5.49. The van der Waals surface area contributed by atoms with Crippen LogP contribution in [-0.2, 0) is 16.0 Å². The van der Waals surface area contributed by atoms with Crippen LogP contribution in [0, 0.1) is 5.92 Å². The van der Waals surface area contributed by atoms with Gasteiger partial charge in [-0.3, -0.25) is 0 Å². The summed E-state index contributed by atoms with van der Waals surface area (Å²) in [6.45, 7) is 0. The molecule has 3 rings (SSSR count). The van der Waals surface area contributed by atoms with Crippen LogP contribution >= 0.6 is 23.2 Å². The lowest BCUT2D eigenvalue weighted by atomic mass is 9.77. The van der Waals surface area contributed by atoms with Gasteiger partial charge in [0, 0.05) is 6.42 Å². The van der Waals surface area contributed by atoms with Crippen LogP contribution in [0.4, 0.5) is 0 Å². The van der Waals surface area contributed by atoms with E-state index in [2.05, 4.69) is 0 Å². The number of carbonyl (C=O) groups excluding carboxylic acids is 1. The molecule has 1 aromatic carbocycles. The fourth-order valence-electron chi connectivity index (χ4n) is 3.99. The molecule has 1 unspecified atom stereocenters. The molecule has 6 heteroatoms. The Balaban J connectivity index is 1.82. The van der Waals surface area contributed by atoms with Crippen molar-refractivity contribution in [3.8, 4) is 5.75 Å². The second-order valence-corrected chi connectivity index (χ2v) is 7.63. The highest BCUT2D eigenvalue weighted by molar-refractivity contribution is 6.41. The zero-order chi connectivity index (χ0) is 18.0. The first-order valence-corrected chi connectivity index (χ1v) is 9.34. The number of rotatable bonds is 5. The normalized spacial score (nSPS) is 24.5. The summed E-state index contributed by atoms with van der Waals surface area (Å²) in [4.78, 5) is 12.1. The molecule has 1 saturated carbocycles. The molecule has 1 aromatic rings. The third-order valence-corrected chi connectivity index (χ3v) is 6.02. The van der Waals surface area contributed by atoms with Crippen molar-refractivity contribution in [1.29, 1.82) is 0 Å². The monoisotopic (exact) mass is 384 g/mol. The number of aliphatic hydroxyl groups excluding tert-OH is 1. The molecule has 1 fully saturated rings. The van der Waals surface area contributed by atoms with Gasteiger partial charge in [0.15, 0.2) is 5.03 Å². The van der Waals surface area contributed by atoms with Crippen LogP contribution in [0.3, 0.4) is 0 Å². The number of hydrogen-bond donors (Lipinski definition) is 1. The van der Waals surface area contributed by atoms with Gasteiger partial charge in [0.1, 0.15) is 17.1 Å². The number of halogens is 2. The van der Waals surface area contributed by atoms with Gasteiger partial charge < -0.3 is 14.6 Å².